The number of carbonyl (C=O) groups excluding carboxylic acids is 2. The quantitative estimate of drug-likeness (QED) is 0.760. The molecule has 24 heavy (non-hydrogen) atoms. The number of benzene rings is 1. The first-order valence-corrected chi connectivity index (χ1v) is 9.14. The number of carbonyl (C=O) groups is 2. The summed E-state index contributed by atoms with van der Waals surface area (Å²) in [6.07, 6.45) is 6.11. The lowest BCUT2D eigenvalue weighted by Gasteiger charge is -2.21. The Kier molecular flexibility index (Phi) is 5.56. The fraction of sp³-hybridized carbons (Fsp3) is 0.444. The average molecular weight is 393 g/mol. The van der Waals surface area contributed by atoms with E-state index < -0.39 is 5.97 Å². The Morgan fingerprint density at radius 2 is 1.96 bits per heavy atom. The van der Waals surface area contributed by atoms with Crippen LogP contribution in [0, 0.1) is 5.92 Å². The number of hydrogen-bond donors (Lipinski definition) is 2. The molecular formula is C18H21BrN2O3. The maximum absolute atomic E-state index is 12.2. The van der Waals surface area contributed by atoms with E-state index in [2.05, 4.69) is 26.2 Å². The van der Waals surface area contributed by atoms with Gasteiger partial charge in [0.1, 0.15) is 5.69 Å². The van der Waals surface area contributed by atoms with E-state index in [-0.39, 0.29) is 12.5 Å². The molecule has 1 aliphatic rings. The van der Waals surface area contributed by atoms with Gasteiger partial charge in [0, 0.05) is 17.4 Å². The fourth-order valence-electron chi connectivity index (χ4n) is 3.15. The first-order valence-electron chi connectivity index (χ1n) is 8.35. The van der Waals surface area contributed by atoms with E-state index in [9.17, 15) is 9.59 Å². The van der Waals surface area contributed by atoms with Crippen LogP contribution in [0.25, 0.3) is 10.9 Å². The van der Waals surface area contributed by atoms with Crippen molar-refractivity contribution in [3.8, 4) is 0 Å². The van der Waals surface area contributed by atoms with E-state index in [1.54, 1.807) is 0 Å². The number of esters is 1. The first-order chi connectivity index (χ1) is 11.6. The maximum Gasteiger partial charge on any atom is 0.356 e. The first kappa shape index (κ1) is 17.0. The molecule has 2 aromatic rings. The van der Waals surface area contributed by atoms with Crippen LogP contribution in [0.2, 0.25) is 0 Å². The number of halogens is 1. The minimum atomic E-state index is -0.536. The second-order valence-electron chi connectivity index (χ2n) is 6.24. The zero-order valence-electron chi connectivity index (χ0n) is 13.4. The molecule has 1 aromatic heterocycles. The minimum Gasteiger partial charge on any atom is -0.451 e. The lowest BCUT2D eigenvalue weighted by atomic mass is 9.89. The van der Waals surface area contributed by atoms with Gasteiger partial charge in [-0.2, -0.15) is 0 Å². The lowest BCUT2D eigenvalue weighted by molar-refractivity contribution is -0.124. The molecule has 1 amide bonds. The van der Waals surface area contributed by atoms with Crippen LogP contribution in [0.4, 0.5) is 0 Å². The standard InChI is InChI=1S/C18H21BrN2O3/c19-16-13-8-4-5-9-14(13)21-17(16)18(23)24-11-15(22)20-10-12-6-2-1-3-7-12/h4-5,8-9,12,21H,1-3,6-7,10-11H2,(H,20,22). The zero-order valence-corrected chi connectivity index (χ0v) is 15.0. The van der Waals surface area contributed by atoms with Crippen LogP contribution in [-0.4, -0.2) is 30.0 Å². The number of rotatable bonds is 5. The van der Waals surface area contributed by atoms with Crippen molar-refractivity contribution in [3.05, 3.63) is 34.4 Å². The molecular weight excluding hydrogens is 372 g/mol. The van der Waals surface area contributed by atoms with Gasteiger partial charge in [0.2, 0.25) is 0 Å². The van der Waals surface area contributed by atoms with Gasteiger partial charge in [0.15, 0.2) is 6.61 Å². The topological polar surface area (TPSA) is 71.2 Å². The van der Waals surface area contributed by atoms with Gasteiger partial charge < -0.3 is 15.0 Å². The van der Waals surface area contributed by atoms with Crippen molar-refractivity contribution in [3.63, 3.8) is 0 Å². The average Bonchev–Trinajstić information content (AvgIpc) is 2.96. The number of ether oxygens (including phenoxy) is 1. The highest BCUT2D eigenvalue weighted by atomic mass is 79.9. The Balaban J connectivity index is 1.50. The van der Waals surface area contributed by atoms with Gasteiger partial charge in [-0.25, -0.2) is 4.79 Å². The molecule has 0 radical (unpaired) electrons. The molecule has 3 rings (SSSR count). The fourth-order valence-corrected chi connectivity index (χ4v) is 3.76. The molecule has 6 heteroatoms. The molecule has 0 atom stereocenters. The van der Waals surface area contributed by atoms with Crippen LogP contribution in [-0.2, 0) is 9.53 Å². The number of amides is 1. The molecule has 0 unspecified atom stereocenters. The highest BCUT2D eigenvalue weighted by Gasteiger charge is 2.19. The van der Waals surface area contributed by atoms with Crippen LogP contribution in [0.3, 0.4) is 0 Å². The number of fused-ring (bicyclic) bond motifs is 1. The van der Waals surface area contributed by atoms with Crippen molar-refractivity contribution in [1.82, 2.24) is 10.3 Å². The van der Waals surface area contributed by atoms with E-state index in [0.29, 0.717) is 22.6 Å². The Morgan fingerprint density at radius 3 is 2.71 bits per heavy atom. The number of para-hydroxylation sites is 1. The van der Waals surface area contributed by atoms with Crippen LogP contribution in [0.5, 0.6) is 0 Å². The van der Waals surface area contributed by atoms with Crippen molar-refractivity contribution in [1.29, 1.82) is 0 Å². The summed E-state index contributed by atoms with van der Waals surface area (Å²) in [5, 5.41) is 3.77. The molecule has 0 spiro atoms. The molecule has 0 saturated heterocycles. The van der Waals surface area contributed by atoms with Crippen LogP contribution < -0.4 is 5.32 Å². The van der Waals surface area contributed by atoms with Gasteiger partial charge in [-0.1, -0.05) is 37.5 Å². The SMILES string of the molecule is O=C(COC(=O)c1[nH]c2ccccc2c1Br)NCC1CCCCC1. The van der Waals surface area contributed by atoms with E-state index in [1.165, 1.54) is 32.1 Å². The molecule has 1 heterocycles. The van der Waals surface area contributed by atoms with Crippen molar-refractivity contribution in [2.75, 3.05) is 13.2 Å². The molecule has 1 aliphatic carbocycles. The summed E-state index contributed by atoms with van der Waals surface area (Å²) in [6, 6.07) is 7.57. The third kappa shape index (κ3) is 3.98. The summed E-state index contributed by atoms with van der Waals surface area (Å²) in [5.74, 6) is -0.228. The largest absolute Gasteiger partial charge is 0.451 e. The maximum atomic E-state index is 12.2. The minimum absolute atomic E-state index is 0.249. The van der Waals surface area contributed by atoms with E-state index in [1.807, 2.05) is 24.3 Å². The van der Waals surface area contributed by atoms with Gasteiger partial charge in [-0.05, 0) is 40.8 Å². The van der Waals surface area contributed by atoms with Crippen LogP contribution in [0.15, 0.2) is 28.7 Å². The van der Waals surface area contributed by atoms with E-state index in [0.717, 1.165) is 10.9 Å². The molecule has 2 N–H and O–H groups in total. The normalized spacial score (nSPS) is 15.4. The molecule has 1 saturated carbocycles. The van der Waals surface area contributed by atoms with E-state index in [4.69, 9.17) is 4.74 Å². The second-order valence-corrected chi connectivity index (χ2v) is 7.04. The van der Waals surface area contributed by atoms with Crippen molar-refractivity contribution >= 4 is 38.7 Å². The molecule has 5 nitrogen and oxygen atoms in total. The summed E-state index contributed by atoms with van der Waals surface area (Å²) in [7, 11) is 0. The smallest absolute Gasteiger partial charge is 0.356 e. The Morgan fingerprint density at radius 1 is 1.21 bits per heavy atom. The van der Waals surface area contributed by atoms with Gasteiger partial charge in [0.25, 0.3) is 5.91 Å². The molecule has 0 bridgehead atoms. The van der Waals surface area contributed by atoms with Crippen molar-refractivity contribution < 1.29 is 14.3 Å². The van der Waals surface area contributed by atoms with Gasteiger partial charge in [-0.15, -0.1) is 0 Å². The van der Waals surface area contributed by atoms with Gasteiger partial charge in [-0.3, -0.25) is 4.79 Å². The third-order valence-corrected chi connectivity index (χ3v) is 5.32. The number of hydrogen-bond acceptors (Lipinski definition) is 3. The Labute approximate surface area is 149 Å². The third-order valence-electron chi connectivity index (χ3n) is 4.49. The van der Waals surface area contributed by atoms with Crippen LogP contribution in [0.1, 0.15) is 42.6 Å². The summed E-state index contributed by atoms with van der Waals surface area (Å²) < 4.78 is 5.79. The zero-order chi connectivity index (χ0) is 16.9. The lowest BCUT2D eigenvalue weighted by Crippen LogP contribution is -2.33. The second kappa shape index (κ2) is 7.83. The summed E-state index contributed by atoms with van der Waals surface area (Å²) in [4.78, 5) is 27.1. The Bertz CT molecular complexity index is 735. The molecule has 1 fully saturated rings. The number of nitrogens with one attached hydrogen (secondary N) is 2. The molecule has 128 valence electrons. The monoisotopic (exact) mass is 392 g/mol. The molecule has 0 aliphatic heterocycles. The van der Waals surface area contributed by atoms with Crippen LogP contribution >= 0.6 is 15.9 Å². The summed E-state index contributed by atoms with van der Waals surface area (Å²) in [5.41, 5.74) is 1.18. The number of aromatic nitrogens is 1. The number of aromatic amines is 1. The Hall–Kier alpha value is -1.82. The predicted octanol–water partition coefficient (Wildman–Crippen LogP) is 3.78. The van der Waals surface area contributed by atoms with Gasteiger partial charge in [0.05, 0.1) is 4.47 Å². The summed E-state index contributed by atoms with van der Waals surface area (Å²) in [6.45, 7) is 0.416. The summed E-state index contributed by atoms with van der Waals surface area (Å²) >= 11 is 3.41. The predicted molar refractivity (Wildman–Crippen MR) is 95.9 cm³/mol. The van der Waals surface area contributed by atoms with Gasteiger partial charge >= 0.3 is 5.97 Å². The highest BCUT2D eigenvalue weighted by Crippen LogP contribution is 2.28. The molecule has 1 aromatic carbocycles. The van der Waals surface area contributed by atoms with Crippen molar-refractivity contribution in [2.24, 2.45) is 5.92 Å². The number of H-pyrrole nitrogens is 1. The van der Waals surface area contributed by atoms with Crippen molar-refractivity contribution in [2.45, 2.75) is 32.1 Å². The highest BCUT2D eigenvalue weighted by molar-refractivity contribution is 9.10. The van der Waals surface area contributed by atoms with E-state index >= 15 is 0 Å².